The Kier molecular flexibility index (Phi) is 14.2. The van der Waals surface area contributed by atoms with Crippen molar-refractivity contribution in [3.63, 3.8) is 0 Å². The van der Waals surface area contributed by atoms with Crippen LogP contribution in [0.1, 0.15) is 129 Å². The fraction of sp³-hybridized carbons (Fsp3) is 0.657. The summed E-state index contributed by atoms with van der Waals surface area (Å²) < 4.78 is 35.9. The van der Waals surface area contributed by atoms with Gasteiger partial charge >= 0.3 is 0 Å². The van der Waals surface area contributed by atoms with Crippen LogP contribution in [0.2, 0.25) is 0 Å². The Bertz CT molecular complexity index is 899. The first kappa shape index (κ1) is 30.6. The average molecular weight is 527 g/mol. The number of aryl methyl sites for hydroxylation is 1. The Morgan fingerprint density at radius 2 is 1.21 bits per heavy atom. The molecule has 2 aromatic rings. The van der Waals surface area contributed by atoms with Gasteiger partial charge in [-0.25, -0.2) is 8.78 Å². The lowest BCUT2D eigenvalue weighted by Gasteiger charge is -2.28. The van der Waals surface area contributed by atoms with Gasteiger partial charge in [-0.2, -0.15) is 0 Å². The van der Waals surface area contributed by atoms with E-state index in [1.165, 1.54) is 96.3 Å². The normalized spacial score (nSPS) is 17.6. The Hall–Kier alpha value is -1.90. The molecule has 1 saturated carbocycles. The summed E-state index contributed by atoms with van der Waals surface area (Å²) in [5.41, 5.74) is 1.53. The monoisotopic (exact) mass is 526 g/mol. The summed E-state index contributed by atoms with van der Waals surface area (Å²) in [6.45, 7) is 5.21. The number of hydrogen-bond acceptors (Lipinski definition) is 1. The quantitative estimate of drug-likeness (QED) is 0.175. The number of unbranched alkanes of at least 4 members (excludes halogenated alkanes) is 9. The Labute approximate surface area is 231 Å². The molecule has 0 heterocycles. The van der Waals surface area contributed by atoms with Crippen LogP contribution in [0.25, 0.3) is 11.1 Å². The molecule has 1 fully saturated rings. The third kappa shape index (κ3) is 10.3. The summed E-state index contributed by atoms with van der Waals surface area (Å²) in [6.07, 6.45) is 22.2. The summed E-state index contributed by atoms with van der Waals surface area (Å²) >= 11 is 0. The second-order valence-electron chi connectivity index (χ2n) is 11.7. The molecular formula is C35H52F2O. The van der Waals surface area contributed by atoms with Gasteiger partial charge in [-0.05, 0) is 54.4 Å². The molecule has 0 radical (unpaired) electrons. The van der Waals surface area contributed by atoms with E-state index in [-0.39, 0.29) is 0 Å². The van der Waals surface area contributed by atoms with Crippen molar-refractivity contribution >= 4 is 0 Å². The topological polar surface area (TPSA) is 9.23 Å². The molecule has 3 rings (SSSR count). The minimum absolute atomic E-state index is 0.327. The lowest BCUT2D eigenvalue weighted by Crippen LogP contribution is -2.15. The molecule has 0 amide bonds. The van der Waals surface area contributed by atoms with Crippen LogP contribution in [-0.4, -0.2) is 6.61 Å². The fourth-order valence-corrected chi connectivity index (χ4v) is 6.01. The van der Waals surface area contributed by atoms with Gasteiger partial charge in [-0.3, -0.25) is 0 Å². The zero-order valence-electron chi connectivity index (χ0n) is 24.2. The predicted molar refractivity (Wildman–Crippen MR) is 158 cm³/mol. The molecule has 1 aliphatic carbocycles. The van der Waals surface area contributed by atoms with Gasteiger partial charge in [-0.1, -0.05) is 134 Å². The van der Waals surface area contributed by atoms with Crippen molar-refractivity contribution in [2.24, 2.45) is 11.8 Å². The summed E-state index contributed by atoms with van der Waals surface area (Å²) in [6, 6.07) is 10.9. The lowest BCUT2D eigenvalue weighted by molar-refractivity contribution is 0.248. The molecule has 2 aromatic carbocycles. The van der Waals surface area contributed by atoms with E-state index in [4.69, 9.17) is 4.74 Å². The van der Waals surface area contributed by atoms with Crippen LogP contribution in [0, 0.1) is 23.5 Å². The lowest BCUT2D eigenvalue weighted by atomic mass is 9.77. The SMILES string of the molecule is CCCCCCCCCCOc1ccc(-c2ccc(CCC3CCC(CCCCC)CC3)c(F)c2F)cc1. The molecule has 212 valence electrons. The second kappa shape index (κ2) is 17.6. The van der Waals surface area contributed by atoms with Crippen molar-refractivity contribution < 1.29 is 13.5 Å². The van der Waals surface area contributed by atoms with Crippen LogP contribution in [0.15, 0.2) is 36.4 Å². The van der Waals surface area contributed by atoms with Gasteiger partial charge in [0.2, 0.25) is 0 Å². The molecule has 0 bridgehead atoms. The number of hydrogen-bond donors (Lipinski definition) is 0. The van der Waals surface area contributed by atoms with E-state index >= 15 is 4.39 Å². The van der Waals surface area contributed by atoms with Crippen LogP contribution in [0.5, 0.6) is 5.75 Å². The first-order valence-electron chi connectivity index (χ1n) is 15.8. The molecule has 0 aliphatic heterocycles. The highest BCUT2D eigenvalue weighted by Gasteiger charge is 2.22. The average Bonchev–Trinajstić information content (AvgIpc) is 2.94. The Morgan fingerprint density at radius 1 is 0.632 bits per heavy atom. The first-order chi connectivity index (χ1) is 18.6. The highest BCUT2D eigenvalue weighted by Crippen LogP contribution is 2.35. The molecule has 3 heteroatoms. The van der Waals surface area contributed by atoms with Crippen LogP contribution in [-0.2, 0) is 6.42 Å². The van der Waals surface area contributed by atoms with Gasteiger partial charge in [0.1, 0.15) is 5.75 Å². The highest BCUT2D eigenvalue weighted by atomic mass is 19.2. The minimum atomic E-state index is -0.727. The van der Waals surface area contributed by atoms with Crippen molar-refractivity contribution in [2.75, 3.05) is 6.61 Å². The molecule has 1 aliphatic rings. The van der Waals surface area contributed by atoms with Crippen molar-refractivity contribution in [3.8, 4) is 16.9 Å². The standard InChI is InChI=1S/C35H52F2O/c1-3-5-7-8-9-10-11-13-27-38-32-24-21-30(22-25-32)33-26-23-31(34(36)35(33)37)20-19-29-17-15-28(16-18-29)14-12-6-4-2/h21-26,28-29H,3-20,27H2,1-2H3. The Morgan fingerprint density at radius 3 is 1.87 bits per heavy atom. The molecule has 0 saturated heterocycles. The van der Waals surface area contributed by atoms with E-state index in [0.29, 0.717) is 35.6 Å². The van der Waals surface area contributed by atoms with E-state index < -0.39 is 11.6 Å². The van der Waals surface area contributed by atoms with Crippen molar-refractivity contribution in [1.82, 2.24) is 0 Å². The molecule has 0 N–H and O–H groups in total. The maximum atomic E-state index is 15.0. The van der Waals surface area contributed by atoms with Gasteiger partial charge in [0, 0.05) is 5.56 Å². The van der Waals surface area contributed by atoms with Crippen LogP contribution >= 0.6 is 0 Å². The van der Waals surface area contributed by atoms with Gasteiger partial charge < -0.3 is 4.74 Å². The highest BCUT2D eigenvalue weighted by molar-refractivity contribution is 5.65. The van der Waals surface area contributed by atoms with E-state index in [9.17, 15) is 4.39 Å². The van der Waals surface area contributed by atoms with Gasteiger partial charge in [0.05, 0.1) is 6.61 Å². The molecule has 0 aromatic heterocycles. The third-order valence-corrected chi connectivity index (χ3v) is 8.60. The van der Waals surface area contributed by atoms with E-state index in [0.717, 1.165) is 24.5 Å². The second-order valence-corrected chi connectivity index (χ2v) is 11.7. The summed E-state index contributed by atoms with van der Waals surface area (Å²) in [5, 5.41) is 0. The largest absolute Gasteiger partial charge is 0.494 e. The third-order valence-electron chi connectivity index (χ3n) is 8.60. The zero-order valence-corrected chi connectivity index (χ0v) is 24.2. The smallest absolute Gasteiger partial charge is 0.166 e. The number of halogens is 2. The maximum absolute atomic E-state index is 15.0. The van der Waals surface area contributed by atoms with Gasteiger partial charge in [0.15, 0.2) is 11.6 Å². The van der Waals surface area contributed by atoms with E-state index in [1.54, 1.807) is 12.1 Å². The van der Waals surface area contributed by atoms with Gasteiger partial charge in [-0.15, -0.1) is 0 Å². The fourth-order valence-electron chi connectivity index (χ4n) is 6.01. The maximum Gasteiger partial charge on any atom is 0.166 e. The minimum Gasteiger partial charge on any atom is -0.494 e. The molecular weight excluding hydrogens is 474 g/mol. The van der Waals surface area contributed by atoms with E-state index in [2.05, 4.69) is 13.8 Å². The molecule has 1 nitrogen and oxygen atoms in total. The number of benzene rings is 2. The molecule has 0 atom stereocenters. The Balaban J connectivity index is 1.40. The number of rotatable bonds is 18. The van der Waals surface area contributed by atoms with Gasteiger partial charge in [0.25, 0.3) is 0 Å². The van der Waals surface area contributed by atoms with Crippen LogP contribution < -0.4 is 4.74 Å². The first-order valence-corrected chi connectivity index (χ1v) is 15.8. The summed E-state index contributed by atoms with van der Waals surface area (Å²) in [7, 11) is 0. The molecule has 0 spiro atoms. The van der Waals surface area contributed by atoms with Crippen LogP contribution in [0.4, 0.5) is 8.78 Å². The predicted octanol–water partition coefficient (Wildman–Crippen LogP) is 11.5. The van der Waals surface area contributed by atoms with E-state index in [1.807, 2.05) is 24.3 Å². The molecule has 38 heavy (non-hydrogen) atoms. The van der Waals surface area contributed by atoms with Crippen molar-refractivity contribution in [2.45, 2.75) is 129 Å². The van der Waals surface area contributed by atoms with Crippen LogP contribution in [0.3, 0.4) is 0 Å². The van der Waals surface area contributed by atoms with Crippen molar-refractivity contribution in [1.29, 1.82) is 0 Å². The zero-order chi connectivity index (χ0) is 27.0. The summed E-state index contributed by atoms with van der Waals surface area (Å²) in [4.78, 5) is 0. The number of ether oxygens (including phenoxy) is 1. The molecule has 0 unspecified atom stereocenters. The summed E-state index contributed by atoms with van der Waals surface area (Å²) in [5.74, 6) is 0.917. The van der Waals surface area contributed by atoms with Crippen molar-refractivity contribution in [3.05, 3.63) is 53.6 Å².